The summed E-state index contributed by atoms with van der Waals surface area (Å²) in [5.74, 6) is 0.0777. The van der Waals surface area contributed by atoms with Crippen molar-refractivity contribution in [3.63, 3.8) is 0 Å². The standard InChI is InChI=1S/C19H18FN3O3/c1-13(10-15-4-2-3-9-21-15)22-19(24)17-11-26-18(23-17)12-25-16-7-5-14(20)6-8-16/h2-9,11,13H,10,12H2,1H3,(H,22,24)/t13-/m0/s1. The van der Waals surface area contributed by atoms with Gasteiger partial charge in [-0.1, -0.05) is 6.07 Å². The lowest BCUT2D eigenvalue weighted by atomic mass is 10.1. The van der Waals surface area contributed by atoms with Gasteiger partial charge in [0.05, 0.1) is 0 Å². The lowest BCUT2D eigenvalue weighted by Gasteiger charge is -2.12. The van der Waals surface area contributed by atoms with E-state index in [0.717, 1.165) is 5.69 Å². The number of carbonyl (C=O) groups excluding carboxylic acids is 1. The highest BCUT2D eigenvalue weighted by Crippen LogP contribution is 2.13. The van der Waals surface area contributed by atoms with E-state index in [1.54, 1.807) is 6.20 Å². The lowest BCUT2D eigenvalue weighted by molar-refractivity contribution is 0.0935. The molecule has 0 aliphatic heterocycles. The summed E-state index contributed by atoms with van der Waals surface area (Å²) in [7, 11) is 0. The van der Waals surface area contributed by atoms with E-state index in [1.165, 1.54) is 30.5 Å². The van der Waals surface area contributed by atoms with E-state index in [4.69, 9.17) is 9.15 Å². The Bertz CT molecular complexity index is 850. The number of hydrogen-bond acceptors (Lipinski definition) is 5. The Morgan fingerprint density at radius 2 is 2.08 bits per heavy atom. The molecule has 6 nitrogen and oxygen atoms in total. The van der Waals surface area contributed by atoms with Gasteiger partial charge in [0.25, 0.3) is 5.91 Å². The van der Waals surface area contributed by atoms with Crippen LogP contribution in [0, 0.1) is 5.82 Å². The zero-order chi connectivity index (χ0) is 18.4. The van der Waals surface area contributed by atoms with E-state index < -0.39 is 0 Å². The van der Waals surface area contributed by atoms with Crippen molar-refractivity contribution >= 4 is 5.91 Å². The van der Waals surface area contributed by atoms with Gasteiger partial charge in [0.1, 0.15) is 17.8 Å². The van der Waals surface area contributed by atoms with Crippen LogP contribution in [0.15, 0.2) is 59.3 Å². The molecular weight excluding hydrogens is 337 g/mol. The molecule has 2 aromatic heterocycles. The molecule has 2 heterocycles. The maximum atomic E-state index is 12.8. The summed E-state index contributed by atoms with van der Waals surface area (Å²) in [4.78, 5) is 20.6. The van der Waals surface area contributed by atoms with Crippen LogP contribution in [0.2, 0.25) is 0 Å². The van der Waals surface area contributed by atoms with E-state index >= 15 is 0 Å². The monoisotopic (exact) mass is 355 g/mol. The molecule has 0 aliphatic carbocycles. The summed E-state index contributed by atoms with van der Waals surface area (Å²) in [6, 6.07) is 11.2. The predicted molar refractivity (Wildman–Crippen MR) is 92.1 cm³/mol. The van der Waals surface area contributed by atoms with Crippen molar-refractivity contribution in [2.75, 3.05) is 0 Å². The fraction of sp³-hybridized carbons (Fsp3) is 0.211. The van der Waals surface area contributed by atoms with E-state index in [1.807, 2.05) is 25.1 Å². The Morgan fingerprint density at radius 1 is 1.27 bits per heavy atom. The van der Waals surface area contributed by atoms with Gasteiger partial charge in [0.2, 0.25) is 5.89 Å². The number of hydrogen-bond donors (Lipinski definition) is 1. The van der Waals surface area contributed by atoms with Gasteiger partial charge in [-0.2, -0.15) is 0 Å². The van der Waals surface area contributed by atoms with Crippen molar-refractivity contribution < 1.29 is 18.3 Å². The third kappa shape index (κ3) is 4.89. The first-order valence-electron chi connectivity index (χ1n) is 8.13. The van der Waals surface area contributed by atoms with Crippen LogP contribution in [0.3, 0.4) is 0 Å². The normalized spacial score (nSPS) is 11.8. The van der Waals surface area contributed by atoms with Gasteiger partial charge in [-0.05, 0) is 43.3 Å². The molecule has 1 aromatic carbocycles. The highest BCUT2D eigenvalue weighted by Gasteiger charge is 2.15. The van der Waals surface area contributed by atoms with Crippen molar-refractivity contribution in [3.8, 4) is 5.75 Å². The largest absolute Gasteiger partial charge is 0.484 e. The topological polar surface area (TPSA) is 77.2 Å². The van der Waals surface area contributed by atoms with Gasteiger partial charge in [0, 0.05) is 24.4 Å². The minimum absolute atomic E-state index is 0.0440. The Balaban J connectivity index is 1.51. The quantitative estimate of drug-likeness (QED) is 0.704. The molecule has 1 atom stereocenters. The van der Waals surface area contributed by atoms with Crippen molar-refractivity contribution in [1.82, 2.24) is 15.3 Å². The number of benzene rings is 1. The predicted octanol–water partition coefficient (Wildman–Crippen LogP) is 3.15. The average Bonchev–Trinajstić information content (AvgIpc) is 3.11. The molecule has 3 rings (SSSR count). The van der Waals surface area contributed by atoms with Crippen molar-refractivity contribution in [3.05, 3.63) is 78.0 Å². The highest BCUT2D eigenvalue weighted by atomic mass is 19.1. The van der Waals surface area contributed by atoms with E-state index in [0.29, 0.717) is 12.2 Å². The van der Waals surface area contributed by atoms with Gasteiger partial charge >= 0.3 is 0 Å². The first-order chi connectivity index (χ1) is 12.6. The molecule has 26 heavy (non-hydrogen) atoms. The number of pyridine rings is 1. The zero-order valence-corrected chi connectivity index (χ0v) is 14.2. The van der Waals surface area contributed by atoms with Crippen molar-refractivity contribution in [2.24, 2.45) is 0 Å². The minimum Gasteiger partial charge on any atom is -0.484 e. The molecule has 134 valence electrons. The fourth-order valence-electron chi connectivity index (χ4n) is 2.34. The first kappa shape index (κ1) is 17.6. The molecule has 0 spiro atoms. The maximum absolute atomic E-state index is 12.8. The zero-order valence-electron chi connectivity index (χ0n) is 14.2. The maximum Gasteiger partial charge on any atom is 0.273 e. The molecule has 0 unspecified atom stereocenters. The molecule has 0 radical (unpaired) electrons. The first-order valence-corrected chi connectivity index (χ1v) is 8.13. The molecule has 0 fully saturated rings. The van der Waals surface area contributed by atoms with Crippen LogP contribution in [0.25, 0.3) is 0 Å². The Hall–Kier alpha value is -3.22. The number of oxazole rings is 1. The van der Waals surface area contributed by atoms with Gasteiger partial charge in [-0.25, -0.2) is 9.37 Å². The highest BCUT2D eigenvalue weighted by molar-refractivity contribution is 5.92. The molecule has 0 aliphatic rings. The second kappa shape index (κ2) is 8.24. The van der Waals surface area contributed by atoms with Crippen LogP contribution in [-0.2, 0) is 13.0 Å². The Morgan fingerprint density at radius 3 is 2.81 bits per heavy atom. The molecule has 0 saturated carbocycles. The molecule has 1 N–H and O–H groups in total. The fourth-order valence-corrected chi connectivity index (χ4v) is 2.34. The molecule has 0 bridgehead atoms. The van der Waals surface area contributed by atoms with Crippen LogP contribution in [0.1, 0.15) is 29.0 Å². The Kier molecular flexibility index (Phi) is 5.58. The number of ether oxygens (including phenoxy) is 1. The number of carbonyl (C=O) groups is 1. The van der Waals surface area contributed by atoms with E-state index in [-0.39, 0.29) is 36.0 Å². The summed E-state index contributed by atoms with van der Waals surface area (Å²) in [6.45, 7) is 1.94. The number of amides is 1. The van der Waals surface area contributed by atoms with Gasteiger partial charge in [0.15, 0.2) is 12.3 Å². The van der Waals surface area contributed by atoms with E-state index in [2.05, 4.69) is 15.3 Å². The average molecular weight is 355 g/mol. The van der Waals surface area contributed by atoms with Crippen LogP contribution in [0.4, 0.5) is 4.39 Å². The number of nitrogens with zero attached hydrogens (tertiary/aromatic N) is 2. The molecule has 7 heteroatoms. The van der Waals surface area contributed by atoms with Crippen LogP contribution < -0.4 is 10.1 Å². The number of nitrogens with one attached hydrogen (secondary N) is 1. The van der Waals surface area contributed by atoms with Crippen molar-refractivity contribution in [2.45, 2.75) is 26.0 Å². The van der Waals surface area contributed by atoms with Crippen molar-refractivity contribution in [1.29, 1.82) is 0 Å². The molecule has 3 aromatic rings. The lowest BCUT2D eigenvalue weighted by Crippen LogP contribution is -2.34. The second-order valence-electron chi connectivity index (χ2n) is 5.77. The number of halogens is 1. The summed E-state index contributed by atoms with van der Waals surface area (Å²) >= 11 is 0. The van der Waals surface area contributed by atoms with Gasteiger partial charge < -0.3 is 14.5 Å². The summed E-state index contributed by atoms with van der Waals surface area (Å²) < 4.78 is 23.5. The van der Waals surface area contributed by atoms with E-state index in [9.17, 15) is 9.18 Å². The SMILES string of the molecule is C[C@@H](Cc1ccccn1)NC(=O)c1coc(COc2ccc(F)cc2)n1. The minimum atomic E-state index is -0.341. The molecule has 0 saturated heterocycles. The number of rotatable bonds is 7. The van der Waals surface area contributed by atoms with Gasteiger partial charge in [-0.15, -0.1) is 0 Å². The second-order valence-corrected chi connectivity index (χ2v) is 5.77. The number of aromatic nitrogens is 2. The summed E-state index contributed by atoms with van der Waals surface area (Å²) in [6.07, 6.45) is 3.62. The smallest absolute Gasteiger partial charge is 0.273 e. The third-order valence-corrected chi connectivity index (χ3v) is 3.58. The van der Waals surface area contributed by atoms with Gasteiger partial charge in [-0.3, -0.25) is 9.78 Å². The molecular formula is C19H18FN3O3. The Labute approximate surface area is 150 Å². The summed E-state index contributed by atoms with van der Waals surface area (Å²) in [5, 5.41) is 2.85. The molecule has 1 amide bonds. The third-order valence-electron chi connectivity index (χ3n) is 3.58. The van der Waals surface area contributed by atoms with Crippen LogP contribution in [0.5, 0.6) is 5.75 Å². The van der Waals surface area contributed by atoms with Crippen LogP contribution >= 0.6 is 0 Å². The summed E-state index contributed by atoms with van der Waals surface area (Å²) in [5.41, 5.74) is 1.07. The van der Waals surface area contributed by atoms with Crippen LogP contribution in [-0.4, -0.2) is 21.9 Å².